The average molecular weight is 247 g/mol. The van der Waals surface area contributed by atoms with Gasteiger partial charge in [0.05, 0.1) is 22.7 Å². The van der Waals surface area contributed by atoms with Crippen LogP contribution in [0.25, 0.3) is 0 Å². The molecule has 2 nitrogen and oxygen atoms in total. The molecule has 4 heteroatoms. The molecular formula is C11H12Cl2O2. The number of methoxy groups -OCH3 is 1. The van der Waals surface area contributed by atoms with E-state index < -0.39 is 5.97 Å². The van der Waals surface area contributed by atoms with Crippen molar-refractivity contribution in [2.45, 2.75) is 19.8 Å². The quantitative estimate of drug-likeness (QED) is 0.740. The highest BCUT2D eigenvalue weighted by molar-refractivity contribution is 6.42. The molecule has 1 aromatic rings. The zero-order valence-corrected chi connectivity index (χ0v) is 10.3. The van der Waals surface area contributed by atoms with Crippen LogP contribution in [-0.4, -0.2) is 13.1 Å². The topological polar surface area (TPSA) is 26.3 Å². The van der Waals surface area contributed by atoms with Crippen molar-refractivity contribution in [3.63, 3.8) is 0 Å². The van der Waals surface area contributed by atoms with Gasteiger partial charge in [0.1, 0.15) is 0 Å². The average Bonchev–Trinajstić information content (AvgIpc) is 2.20. The van der Waals surface area contributed by atoms with E-state index in [-0.39, 0.29) is 5.92 Å². The van der Waals surface area contributed by atoms with E-state index in [9.17, 15) is 4.79 Å². The third-order valence-corrected chi connectivity index (χ3v) is 2.84. The summed E-state index contributed by atoms with van der Waals surface area (Å²) in [5.41, 5.74) is 1.32. The summed E-state index contributed by atoms with van der Waals surface area (Å²) in [7, 11) is 1.34. The van der Waals surface area contributed by atoms with Gasteiger partial charge in [0.25, 0.3) is 0 Å². The Bertz CT molecular complexity index is 386. The first-order valence-electron chi connectivity index (χ1n) is 4.54. The highest BCUT2D eigenvalue weighted by Gasteiger charge is 2.16. The van der Waals surface area contributed by atoms with Crippen molar-refractivity contribution in [1.82, 2.24) is 0 Å². The molecule has 1 aromatic carbocycles. The molecule has 0 amide bonds. The Morgan fingerprint density at radius 3 is 2.27 bits per heavy atom. The van der Waals surface area contributed by atoms with Gasteiger partial charge >= 0.3 is 5.97 Å². The molecule has 0 radical (unpaired) electrons. The van der Waals surface area contributed by atoms with E-state index in [1.54, 1.807) is 12.1 Å². The molecule has 0 fully saturated rings. The van der Waals surface area contributed by atoms with Crippen molar-refractivity contribution >= 4 is 29.2 Å². The van der Waals surface area contributed by atoms with E-state index in [4.69, 9.17) is 23.2 Å². The molecule has 0 saturated heterocycles. The minimum atomic E-state index is -0.391. The predicted molar refractivity (Wildman–Crippen MR) is 61.9 cm³/mol. The number of carbonyl (C=O) groups excluding carboxylic acids is 1. The van der Waals surface area contributed by atoms with Gasteiger partial charge in [-0.15, -0.1) is 0 Å². The Balaban J connectivity index is 3.34. The first kappa shape index (κ1) is 12.3. The molecule has 0 aliphatic rings. The summed E-state index contributed by atoms with van der Waals surface area (Å²) in [5, 5.41) is 0.814. The van der Waals surface area contributed by atoms with Gasteiger partial charge in [-0.25, -0.2) is 4.79 Å². The SMILES string of the molecule is COC(=O)c1cc(Cl)c(Cl)cc1C(C)C. The van der Waals surface area contributed by atoms with Crippen LogP contribution in [0, 0.1) is 0 Å². The van der Waals surface area contributed by atoms with E-state index in [2.05, 4.69) is 4.74 Å². The van der Waals surface area contributed by atoms with E-state index >= 15 is 0 Å². The first-order chi connectivity index (χ1) is 6.97. The molecule has 0 saturated carbocycles. The number of rotatable bonds is 2. The molecule has 0 bridgehead atoms. The first-order valence-corrected chi connectivity index (χ1v) is 5.30. The van der Waals surface area contributed by atoms with Crippen molar-refractivity contribution in [1.29, 1.82) is 0 Å². The molecule has 0 atom stereocenters. The van der Waals surface area contributed by atoms with Gasteiger partial charge < -0.3 is 4.74 Å². The molecule has 0 N–H and O–H groups in total. The Hall–Kier alpha value is -0.730. The van der Waals surface area contributed by atoms with Gasteiger partial charge in [0.2, 0.25) is 0 Å². The van der Waals surface area contributed by atoms with Crippen molar-refractivity contribution in [3.8, 4) is 0 Å². The lowest BCUT2D eigenvalue weighted by atomic mass is 9.97. The van der Waals surface area contributed by atoms with E-state index in [1.807, 2.05) is 13.8 Å². The second-order valence-corrected chi connectivity index (χ2v) is 4.31. The summed E-state index contributed by atoms with van der Waals surface area (Å²) in [5.74, 6) is -0.203. The molecule has 15 heavy (non-hydrogen) atoms. The molecule has 82 valence electrons. The predicted octanol–water partition coefficient (Wildman–Crippen LogP) is 3.90. The molecule has 0 heterocycles. The lowest BCUT2D eigenvalue weighted by Gasteiger charge is -2.12. The maximum Gasteiger partial charge on any atom is 0.338 e. The minimum absolute atomic E-state index is 0.189. The lowest BCUT2D eigenvalue weighted by molar-refractivity contribution is 0.0599. The summed E-state index contributed by atoms with van der Waals surface area (Å²) < 4.78 is 4.68. The summed E-state index contributed by atoms with van der Waals surface area (Å²) in [6, 6.07) is 3.26. The summed E-state index contributed by atoms with van der Waals surface area (Å²) in [6.45, 7) is 3.96. The highest BCUT2D eigenvalue weighted by atomic mass is 35.5. The summed E-state index contributed by atoms with van der Waals surface area (Å²) >= 11 is 11.7. The van der Waals surface area contributed by atoms with Crippen LogP contribution in [0.5, 0.6) is 0 Å². The van der Waals surface area contributed by atoms with Crippen molar-refractivity contribution in [2.75, 3.05) is 7.11 Å². The van der Waals surface area contributed by atoms with Crippen LogP contribution in [-0.2, 0) is 4.74 Å². The van der Waals surface area contributed by atoms with Crippen LogP contribution in [0.1, 0.15) is 35.7 Å². The molecule has 0 spiro atoms. The van der Waals surface area contributed by atoms with Gasteiger partial charge in [-0.05, 0) is 23.6 Å². The van der Waals surface area contributed by atoms with Gasteiger partial charge in [-0.3, -0.25) is 0 Å². The van der Waals surface area contributed by atoms with Crippen LogP contribution in [0.2, 0.25) is 10.0 Å². The zero-order valence-electron chi connectivity index (χ0n) is 8.80. The lowest BCUT2D eigenvalue weighted by Crippen LogP contribution is -2.07. The number of esters is 1. The Morgan fingerprint density at radius 2 is 1.80 bits per heavy atom. The second kappa shape index (κ2) is 4.86. The summed E-state index contributed by atoms with van der Waals surface area (Å²) in [6.07, 6.45) is 0. The highest BCUT2D eigenvalue weighted by Crippen LogP contribution is 2.30. The number of halogens is 2. The number of benzene rings is 1. The fraction of sp³-hybridized carbons (Fsp3) is 0.364. The van der Waals surface area contributed by atoms with Crippen LogP contribution in [0.4, 0.5) is 0 Å². The van der Waals surface area contributed by atoms with Crippen molar-refractivity contribution in [2.24, 2.45) is 0 Å². The van der Waals surface area contributed by atoms with Crippen LogP contribution in [0.15, 0.2) is 12.1 Å². The number of hydrogen-bond donors (Lipinski definition) is 0. The molecular weight excluding hydrogens is 235 g/mol. The van der Waals surface area contributed by atoms with Crippen molar-refractivity contribution < 1.29 is 9.53 Å². The van der Waals surface area contributed by atoms with E-state index in [0.717, 1.165) is 5.56 Å². The van der Waals surface area contributed by atoms with Gasteiger partial charge in [-0.1, -0.05) is 37.0 Å². The van der Waals surface area contributed by atoms with E-state index in [0.29, 0.717) is 15.6 Å². The normalized spacial score (nSPS) is 10.5. The van der Waals surface area contributed by atoms with Crippen LogP contribution < -0.4 is 0 Å². The largest absolute Gasteiger partial charge is 0.465 e. The summed E-state index contributed by atoms with van der Waals surface area (Å²) in [4.78, 5) is 11.5. The Morgan fingerprint density at radius 1 is 1.27 bits per heavy atom. The van der Waals surface area contributed by atoms with Crippen LogP contribution >= 0.6 is 23.2 Å². The van der Waals surface area contributed by atoms with E-state index in [1.165, 1.54) is 7.11 Å². The van der Waals surface area contributed by atoms with Gasteiger partial charge in [0, 0.05) is 0 Å². The second-order valence-electron chi connectivity index (χ2n) is 3.50. The third-order valence-electron chi connectivity index (χ3n) is 2.12. The fourth-order valence-electron chi connectivity index (χ4n) is 1.33. The fourth-order valence-corrected chi connectivity index (χ4v) is 1.66. The molecule has 0 unspecified atom stereocenters. The number of ether oxygens (including phenoxy) is 1. The third kappa shape index (κ3) is 2.64. The maximum absolute atomic E-state index is 11.5. The smallest absolute Gasteiger partial charge is 0.338 e. The Labute approximate surface area is 99.1 Å². The number of hydrogen-bond acceptors (Lipinski definition) is 2. The molecule has 0 aliphatic carbocycles. The van der Waals surface area contributed by atoms with Crippen LogP contribution in [0.3, 0.4) is 0 Å². The zero-order chi connectivity index (χ0) is 11.6. The van der Waals surface area contributed by atoms with Crippen molar-refractivity contribution in [3.05, 3.63) is 33.3 Å². The maximum atomic E-state index is 11.5. The Kier molecular flexibility index (Phi) is 4.00. The molecule has 0 aromatic heterocycles. The number of carbonyl (C=O) groups is 1. The minimum Gasteiger partial charge on any atom is -0.465 e. The standard InChI is InChI=1S/C11H12Cl2O2/c1-6(2)7-4-9(12)10(13)5-8(7)11(14)15-3/h4-6H,1-3H3. The molecule has 0 aliphatic heterocycles. The molecule has 1 rings (SSSR count). The van der Waals surface area contributed by atoms with Gasteiger partial charge in [0.15, 0.2) is 0 Å². The monoisotopic (exact) mass is 246 g/mol. The van der Waals surface area contributed by atoms with Gasteiger partial charge in [-0.2, -0.15) is 0 Å².